The summed E-state index contributed by atoms with van der Waals surface area (Å²) in [4.78, 5) is 7.08. The Bertz CT molecular complexity index is 1460. The fourth-order valence-electron chi connectivity index (χ4n) is 6.10. The highest BCUT2D eigenvalue weighted by atomic mass is 16.5. The molecule has 0 radical (unpaired) electrons. The number of fused-ring (bicyclic) bond motifs is 1. The first kappa shape index (κ1) is 21.0. The Morgan fingerprint density at radius 3 is 2.43 bits per heavy atom. The van der Waals surface area contributed by atoms with Crippen LogP contribution in [0.3, 0.4) is 0 Å². The summed E-state index contributed by atoms with van der Waals surface area (Å²) in [7, 11) is 0. The number of hydrogen-bond acceptors (Lipinski definition) is 5. The molecule has 0 N–H and O–H groups in total. The lowest BCUT2D eigenvalue weighted by Crippen LogP contribution is -2.42. The standard InChI is InChI=1S/C30H31N3O2/c1-18-7-10-24-23(15-18)31-29(34-24)33-13-11-30(12-14-33)16-22(17-30)26-27(32-35-28(26)21-8-9-21)25-19(2)5-4-6-20(25)3/h4-7,10,15-16,21H,8-9,11-14,17H2,1-3H3. The molecule has 4 aromatic rings. The molecular formula is C30H31N3O2. The van der Waals surface area contributed by atoms with Gasteiger partial charge in [-0.2, -0.15) is 4.98 Å². The Labute approximate surface area is 205 Å². The minimum absolute atomic E-state index is 0.268. The smallest absolute Gasteiger partial charge is 0.298 e. The SMILES string of the molecule is Cc1ccc2oc(N3CCC4(C=C(c5c(-c6c(C)cccc6C)noc5C5CC5)C4)CC3)nc2c1. The Hall–Kier alpha value is -3.34. The van der Waals surface area contributed by atoms with E-state index in [-0.39, 0.29) is 5.41 Å². The molecule has 35 heavy (non-hydrogen) atoms. The molecule has 5 nitrogen and oxygen atoms in total. The summed E-state index contributed by atoms with van der Waals surface area (Å²) in [6, 6.07) is 13.4. The first-order chi connectivity index (χ1) is 17.0. The molecule has 2 fully saturated rings. The first-order valence-corrected chi connectivity index (χ1v) is 12.9. The molecule has 0 bridgehead atoms. The number of benzene rings is 2. The molecule has 2 aromatic carbocycles. The predicted molar refractivity (Wildman–Crippen MR) is 139 cm³/mol. The van der Waals surface area contributed by atoms with Crippen molar-refractivity contribution in [2.24, 2.45) is 5.41 Å². The lowest BCUT2D eigenvalue weighted by atomic mass is 9.63. The van der Waals surface area contributed by atoms with E-state index in [0.29, 0.717) is 5.92 Å². The lowest BCUT2D eigenvalue weighted by molar-refractivity contribution is 0.272. The Balaban J connectivity index is 1.16. The summed E-state index contributed by atoms with van der Waals surface area (Å²) in [5, 5.41) is 4.64. The molecule has 0 amide bonds. The number of aryl methyl sites for hydroxylation is 3. The van der Waals surface area contributed by atoms with Crippen molar-refractivity contribution < 1.29 is 8.94 Å². The fraction of sp³-hybridized carbons (Fsp3) is 0.400. The molecule has 2 aromatic heterocycles. The average Bonchev–Trinajstić information content (AvgIpc) is 3.44. The van der Waals surface area contributed by atoms with E-state index in [0.717, 1.165) is 60.9 Å². The Morgan fingerprint density at radius 1 is 0.971 bits per heavy atom. The fourth-order valence-corrected chi connectivity index (χ4v) is 6.10. The van der Waals surface area contributed by atoms with E-state index in [2.05, 4.69) is 67.2 Å². The summed E-state index contributed by atoms with van der Waals surface area (Å²) in [5.41, 5.74) is 10.8. The van der Waals surface area contributed by atoms with Gasteiger partial charge < -0.3 is 13.8 Å². The van der Waals surface area contributed by atoms with E-state index in [9.17, 15) is 0 Å². The molecular weight excluding hydrogens is 434 g/mol. The minimum atomic E-state index is 0.268. The van der Waals surface area contributed by atoms with Crippen molar-refractivity contribution in [2.75, 3.05) is 18.0 Å². The van der Waals surface area contributed by atoms with Gasteiger partial charge in [-0.15, -0.1) is 0 Å². The van der Waals surface area contributed by atoms with Crippen LogP contribution in [0.5, 0.6) is 0 Å². The number of anilines is 1. The van der Waals surface area contributed by atoms with E-state index < -0.39 is 0 Å². The molecule has 7 rings (SSSR count). The maximum atomic E-state index is 6.08. The van der Waals surface area contributed by atoms with Crippen LogP contribution in [0, 0.1) is 26.2 Å². The van der Waals surface area contributed by atoms with Gasteiger partial charge in [-0.25, -0.2) is 0 Å². The third-order valence-corrected chi connectivity index (χ3v) is 8.29. The maximum absolute atomic E-state index is 6.08. The van der Waals surface area contributed by atoms with Crippen LogP contribution < -0.4 is 4.90 Å². The monoisotopic (exact) mass is 465 g/mol. The number of hydrogen-bond donors (Lipinski definition) is 0. The van der Waals surface area contributed by atoms with Crippen molar-refractivity contribution in [3.63, 3.8) is 0 Å². The van der Waals surface area contributed by atoms with Crippen LogP contribution in [0.4, 0.5) is 6.01 Å². The first-order valence-electron chi connectivity index (χ1n) is 12.9. The largest absolute Gasteiger partial charge is 0.423 e. The van der Waals surface area contributed by atoms with Crippen molar-refractivity contribution in [1.29, 1.82) is 0 Å². The van der Waals surface area contributed by atoms with Crippen LogP contribution in [0.15, 0.2) is 51.4 Å². The van der Waals surface area contributed by atoms with E-state index >= 15 is 0 Å². The zero-order valence-electron chi connectivity index (χ0n) is 20.7. The zero-order chi connectivity index (χ0) is 23.7. The van der Waals surface area contributed by atoms with Crippen LogP contribution in [-0.4, -0.2) is 23.2 Å². The minimum Gasteiger partial charge on any atom is -0.423 e. The molecule has 0 unspecified atom stereocenters. The van der Waals surface area contributed by atoms with E-state index in [1.807, 2.05) is 6.07 Å². The van der Waals surface area contributed by atoms with Gasteiger partial charge in [-0.3, -0.25) is 0 Å². The highest BCUT2D eigenvalue weighted by Gasteiger charge is 2.44. The zero-order valence-corrected chi connectivity index (χ0v) is 20.7. The van der Waals surface area contributed by atoms with Gasteiger partial charge in [0.15, 0.2) is 5.58 Å². The number of oxazole rings is 1. The summed E-state index contributed by atoms with van der Waals surface area (Å²) >= 11 is 0. The van der Waals surface area contributed by atoms with Crippen LogP contribution in [0.1, 0.15) is 66.0 Å². The van der Waals surface area contributed by atoms with Gasteiger partial charge in [0.2, 0.25) is 0 Å². The van der Waals surface area contributed by atoms with Crippen LogP contribution in [-0.2, 0) is 0 Å². The van der Waals surface area contributed by atoms with Gasteiger partial charge in [0.1, 0.15) is 17.0 Å². The highest BCUT2D eigenvalue weighted by Crippen LogP contribution is 2.56. The molecule has 1 aliphatic heterocycles. The van der Waals surface area contributed by atoms with Crippen LogP contribution in [0.25, 0.3) is 27.9 Å². The summed E-state index contributed by atoms with van der Waals surface area (Å²) < 4.78 is 12.1. The maximum Gasteiger partial charge on any atom is 0.298 e. The van der Waals surface area contributed by atoms with Gasteiger partial charge in [-0.05, 0) is 92.7 Å². The number of nitrogens with zero attached hydrogens (tertiary/aromatic N) is 3. The van der Waals surface area contributed by atoms with Gasteiger partial charge >= 0.3 is 0 Å². The molecule has 5 heteroatoms. The quantitative estimate of drug-likeness (QED) is 0.315. The van der Waals surface area contributed by atoms with Gasteiger partial charge in [0.25, 0.3) is 6.01 Å². The van der Waals surface area contributed by atoms with Gasteiger partial charge in [0, 0.05) is 30.1 Å². The van der Waals surface area contributed by atoms with Crippen molar-refractivity contribution in [1.82, 2.24) is 10.1 Å². The van der Waals surface area contributed by atoms with Crippen molar-refractivity contribution in [3.05, 3.63) is 70.5 Å². The molecule has 1 saturated carbocycles. The summed E-state index contributed by atoms with van der Waals surface area (Å²) in [6.45, 7) is 8.39. The Morgan fingerprint density at radius 2 is 1.71 bits per heavy atom. The second kappa shape index (κ2) is 7.58. The number of rotatable bonds is 4. The molecule has 178 valence electrons. The molecule has 1 saturated heterocycles. The predicted octanol–water partition coefficient (Wildman–Crippen LogP) is 7.36. The molecule has 0 atom stereocenters. The van der Waals surface area contributed by atoms with Crippen LogP contribution in [0.2, 0.25) is 0 Å². The number of allylic oxidation sites excluding steroid dienone is 2. The second-order valence-electron chi connectivity index (χ2n) is 11.0. The molecule has 2 aliphatic carbocycles. The normalized spacial score (nSPS) is 19.3. The Kier molecular flexibility index (Phi) is 4.54. The third kappa shape index (κ3) is 3.43. The molecule has 3 aliphatic rings. The topological polar surface area (TPSA) is 55.3 Å². The second-order valence-corrected chi connectivity index (χ2v) is 11.0. The van der Waals surface area contributed by atoms with Crippen LogP contribution >= 0.6 is 0 Å². The van der Waals surface area contributed by atoms with E-state index in [4.69, 9.17) is 13.9 Å². The van der Waals surface area contributed by atoms with Gasteiger partial charge in [0.05, 0.1) is 0 Å². The highest BCUT2D eigenvalue weighted by molar-refractivity contribution is 5.86. The number of piperidine rings is 1. The van der Waals surface area contributed by atoms with Gasteiger partial charge in [-0.1, -0.05) is 35.5 Å². The van der Waals surface area contributed by atoms with E-state index in [1.165, 1.54) is 46.2 Å². The summed E-state index contributed by atoms with van der Waals surface area (Å²) in [6.07, 6.45) is 8.31. The average molecular weight is 466 g/mol. The van der Waals surface area contributed by atoms with Crippen molar-refractivity contribution in [3.8, 4) is 11.3 Å². The molecule has 3 heterocycles. The van der Waals surface area contributed by atoms with Crippen molar-refractivity contribution >= 4 is 22.7 Å². The number of aromatic nitrogens is 2. The lowest BCUT2D eigenvalue weighted by Gasteiger charge is -2.46. The van der Waals surface area contributed by atoms with E-state index in [1.54, 1.807) is 0 Å². The summed E-state index contributed by atoms with van der Waals surface area (Å²) in [5.74, 6) is 1.65. The van der Waals surface area contributed by atoms with Crippen molar-refractivity contribution in [2.45, 2.75) is 58.8 Å². The molecule has 1 spiro atoms. The third-order valence-electron chi connectivity index (χ3n) is 8.29.